The number of carbonyl (C=O) groups is 3. The largest absolute Gasteiger partial charge is 0.469 e. The third-order valence-electron chi connectivity index (χ3n) is 4.97. The molecule has 2 aromatic rings. The fourth-order valence-electron chi connectivity index (χ4n) is 3.52. The topological polar surface area (TPSA) is 103 Å². The molecule has 2 aromatic heterocycles. The van der Waals surface area contributed by atoms with Crippen molar-refractivity contribution >= 4 is 34.5 Å². The lowest BCUT2D eigenvalue weighted by molar-refractivity contribution is -0.141. The highest BCUT2D eigenvalue weighted by atomic mass is 19.4. The van der Waals surface area contributed by atoms with Gasteiger partial charge in [0.2, 0.25) is 5.78 Å². The maximum Gasteiger partial charge on any atom is 0.433 e. The molecule has 1 aliphatic carbocycles. The second-order valence-electron chi connectivity index (χ2n) is 6.83. The number of aromatic nitrogens is 3. The average molecular weight is 420 g/mol. The van der Waals surface area contributed by atoms with Crippen LogP contribution < -0.4 is 5.32 Å². The van der Waals surface area contributed by atoms with E-state index in [1.807, 2.05) is 0 Å². The van der Waals surface area contributed by atoms with Crippen molar-refractivity contribution < 1.29 is 32.3 Å². The van der Waals surface area contributed by atoms with Crippen molar-refractivity contribution in [3.63, 3.8) is 0 Å². The van der Waals surface area contributed by atoms with E-state index in [4.69, 9.17) is 0 Å². The quantitative estimate of drug-likeness (QED) is 0.600. The van der Waals surface area contributed by atoms with Gasteiger partial charge in [-0.2, -0.15) is 13.2 Å². The highest BCUT2D eigenvalue weighted by Crippen LogP contribution is 2.35. The monoisotopic (exact) mass is 420 g/mol. The number of halogens is 3. The summed E-state index contributed by atoms with van der Waals surface area (Å²) in [7, 11) is 1.23. The van der Waals surface area contributed by atoms with E-state index in [1.165, 1.54) is 23.8 Å². The fraction of sp³-hybridized carbons (Fsp3) is 0.316. The molecule has 11 heteroatoms. The number of alkyl halides is 3. The number of methoxy groups -OCH3 is 1. The summed E-state index contributed by atoms with van der Waals surface area (Å²) in [5.41, 5.74) is -0.0267. The second kappa shape index (κ2) is 7.08. The van der Waals surface area contributed by atoms with Gasteiger partial charge in [0.15, 0.2) is 5.65 Å². The lowest BCUT2D eigenvalue weighted by atomic mass is 9.93. The third-order valence-corrected chi connectivity index (χ3v) is 4.97. The predicted molar refractivity (Wildman–Crippen MR) is 96.5 cm³/mol. The number of amides is 1. The van der Waals surface area contributed by atoms with E-state index in [1.54, 1.807) is 6.08 Å². The van der Waals surface area contributed by atoms with Crippen molar-refractivity contribution in [2.75, 3.05) is 7.11 Å². The van der Waals surface area contributed by atoms with Gasteiger partial charge < -0.3 is 10.1 Å². The molecule has 1 fully saturated rings. The number of aryl methyl sites for hydroxylation is 1. The normalized spacial score (nSPS) is 18.7. The van der Waals surface area contributed by atoms with Crippen LogP contribution in [0.5, 0.6) is 0 Å². The van der Waals surface area contributed by atoms with Crippen molar-refractivity contribution in [3.05, 3.63) is 41.5 Å². The first-order valence-corrected chi connectivity index (χ1v) is 8.97. The molecule has 1 N–H and O–H groups in total. The minimum atomic E-state index is -4.65. The molecule has 0 radical (unpaired) electrons. The molecule has 0 aromatic carbocycles. The lowest BCUT2D eigenvalue weighted by Crippen LogP contribution is -2.19. The van der Waals surface area contributed by atoms with E-state index in [2.05, 4.69) is 20.0 Å². The van der Waals surface area contributed by atoms with Crippen LogP contribution in [0.15, 0.2) is 30.0 Å². The lowest BCUT2D eigenvalue weighted by Gasteiger charge is -2.19. The minimum Gasteiger partial charge on any atom is -0.469 e. The van der Waals surface area contributed by atoms with E-state index >= 15 is 0 Å². The van der Waals surface area contributed by atoms with Gasteiger partial charge in [0, 0.05) is 24.2 Å². The number of hydrogen-bond acceptors (Lipinski definition) is 6. The van der Waals surface area contributed by atoms with Crippen molar-refractivity contribution in [1.82, 2.24) is 19.9 Å². The number of ketones is 1. The summed E-state index contributed by atoms with van der Waals surface area (Å²) in [6.07, 6.45) is -1.39. The molecular formula is C19H15F3N4O4. The highest BCUT2D eigenvalue weighted by Gasteiger charge is 2.39. The number of hydrogen-bond donors (Lipinski definition) is 1. The fourth-order valence-corrected chi connectivity index (χ4v) is 3.52. The number of esters is 1. The van der Waals surface area contributed by atoms with Crippen molar-refractivity contribution in [2.45, 2.75) is 25.4 Å². The predicted octanol–water partition coefficient (Wildman–Crippen LogP) is 2.00. The van der Waals surface area contributed by atoms with Gasteiger partial charge in [-0.05, 0) is 24.3 Å². The molecule has 1 unspecified atom stereocenters. The summed E-state index contributed by atoms with van der Waals surface area (Å²) in [5, 5.41) is 2.48. The number of fused-ring (bicyclic) bond motifs is 2. The molecule has 30 heavy (non-hydrogen) atoms. The molecule has 0 bridgehead atoms. The van der Waals surface area contributed by atoms with Crippen LogP contribution in [0.4, 0.5) is 13.2 Å². The minimum absolute atomic E-state index is 0.0390. The van der Waals surface area contributed by atoms with E-state index in [0.717, 1.165) is 6.07 Å². The van der Waals surface area contributed by atoms with Crippen LogP contribution in [0.2, 0.25) is 0 Å². The molecule has 0 spiro atoms. The van der Waals surface area contributed by atoms with Crippen molar-refractivity contribution in [3.8, 4) is 0 Å². The molecule has 2 aliphatic rings. The second-order valence-corrected chi connectivity index (χ2v) is 6.83. The molecule has 4 rings (SSSR count). The summed E-state index contributed by atoms with van der Waals surface area (Å²) in [6.45, 7) is 0. The van der Waals surface area contributed by atoms with Gasteiger partial charge in [-0.1, -0.05) is 0 Å². The Kier molecular flexibility index (Phi) is 4.67. The number of rotatable bonds is 4. The molecule has 0 saturated carbocycles. The van der Waals surface area contributed by atoms with Crippen LogP contribution in [-0.2, 0) is 31.7 Å². The van der Waals surface area contributed by atoms with Crippen molar-refractivity contribution in [2.24, 2.45) is 5.92 Å². The van der Waals surface area contributed by atoms with E-state index in [-0.39, 0.29) is 30.4 Å². The number of allylic oxidation sites excluding steroid dienone is 4. The van der Waals surface area contributed by atoms with Gasteiger partial charge >= 0.3 is 12.1 Å². The summed E-state index contributed by atoms with van der Waals surface area (Å²) in [5.74, 6) is -2.28. The summed E-state index contributed by atoms with van der Waals surface area (Å²) < 4.78 is 45.6. The zero-order valence-electron chi connectivity index (χ0n) is 15.6. The number of imidazole rings is 1. The zero-order valence-corrected chi connectivity index (χ0v) is 15.6. The Hall–Kier alpha value is -3.50. The summed E-state index contributed by atoms with van der Waals surface area (Å²) >= 11 is 0. The van der Waals surface area contributed by atoms with E-state index in [0.29, 0.717) is 17.2 Å². The zero-order chi connectivity index (χ0) is 21.6. The van der Waals surface area contributed by atoms with Crippen LogP contribution >= 0.6 is 0 Å². The molecule has 8 nitrogen and oxygen atoms in total. The molecular weight excluding hydrogens is 405 g/mol. The first kappa shape index (κ1) is 19.8. The Balaban J connectivity index is 1.82. The van der Waals surface area contributed by atoms with Crippen LogP contribution in [0.3, 0.4) is 0 Å². The average Bonchev–Trinajstić information content (AvgIpc) is 3.21. The maximum atomic E-state index is 13.2. The number of Topliss-reactive ketones (excluding diaryl/α,β-unsaturated/α-hetero) is 1. The van der Waals surface area contributed by atoms with Crippen LogP contribution in [0.1, 0.15) is 24.4 Å². The number of carbonyl (C=O) groups excluding carboxylic acids is 3. The molecule has 1 atom stereocenters. The standard InChI is InChI=1S/C19H15F3N4O4/c1-30-15(27)7-6-14-23-12-4-5-13(19(20,21)22)25-17(12)26(14)9-2-3-11-10(8-9)16(28)18(29)24-11/h2-5,10H,6-8H2,1H3,(H,24,29). The number of nitrogens with zero attached hydrogens (tertiary/aromatic N) is 3. The van der Waals surface area contributed by atoms with Crippen molar-refractivity contribution in [1.29, 1.82) is 0 Å². The number of nitrogens with one attached hydrogen (secondary N) is 1. The van der Waals surface area contributed by atoms with Crippen LogP contribution in [-0.4, -0.2) is 39.3 Å². The van der Waals surface area contributed by atoms with Gasteiger partial charge in [-0.15, -0.1) is 0 Å². The molecule has 1 saturated heterocycles. The maximum absolute atomic E-state index is 13.2. The Labute approximate surface area is 167 Å². The highest BCUT2D eigenvalue weighted by molar-refractivity contribution is 6.40. The summed E-state index contributed by atoms with van der Waals surface area (Å²) in [6, 6.07) is 2.04. The van der Waals surface area contributed by atoms with E-state index in [9.17, 15) is 27.6 Å². The Morgan fingerprint density at radius 1 is 1.27 bits per heavy atom. The SMILES string of the molecule is COC(=O)CCc1nc2ccc(C(F)(F)F)nc2n1C1=CC=C2NC(=O)C(=O)C2C1. The van der Waals surface area contributed by atoms with Crippen LogP contribution in [0, 0.1) is 5.92 Å². The number of pyridine rings is 1. The first-order valence-electron chi connectivity index (χ1n) is 8.97. The molecule has 156 valence electrons. The first-order chi connectivity index (χ1) is 14.2. The molecule has 1 aliphatic heterocycles. The Morgan fingerprint density at radius 2 is 2.03 bits per heavy atom. The summed E-state index contributed by atoms with van der Waals surface area (Å²) in [4.78, 5) is 43.4. The smallest absolute Gasteiger partial charge is 0.433 e. The van der Waals surface area contributed by atoms with E-state index < -0.39 is 35.4 Å². The van der Waals surface area contributed by atoms with Gasteiger partial charge in [-0.3, -0.25) is 19.0 Å². The molecule has 3 heterocycles. The van der Waals surface area contributed by atoms with Gasteiger partial charge in [0.1, 0.15) is 17.0 Å². The number of ether oxygens (including phenoxy) is 1. The van der Waals surface area contributed by atoms with Gasteiger partial charge in [-0.25, -0.2) is 9.97 Å². The third kappa shape index (κ3) is 3.36. The van der Waals surface area contributed by atoms with Gasteiger partial charge in [0.25, 0.3) is 5.91 Å². The molecule has 1 amide bonds. The Morgan fingerprint density at radius 3 is 2.73 bits per heavy atom. The van der Waals surface area contributed by atoms with Gasteiger partial charge in [0.05, 0.1) is 19.4 Å². The Bertz CT molecular complexity index is 1150. The van der Waals surface area contributed by atoms with Crippen LogP contribution in [0.25, 0.3) is 16.9 Å².